The van der Waals surface area contributed by atoms with Gasteiger partial charge in [-0.1, -0.05) is 48.0 Å². The van der Waals surface area contributed by atoms with Crippen LogP contribution in [0.1, 0.15) is 49.3 Å². The summed E-state index contributed by atoms with van der Waals surface area (Å²) in [4.78, 5) is 11.0. The lowest BCUT2D eigenvalue weighted by atomic mass is 9.91. The normalized spacial score (nSPS) is 13.1. The van der Waals surface area contributed by atoms with Gasteiger partial charge in [0.1, 0.15) is 0 Å². The maximum Gasteiger partial charge on any atom is 0.416 e. The summed E-state index contributed by atoms with van der Waals surface area (Å²) in [5.74, 6) is -0.947. The summed E-state index contributed by atoms with van der Waals surface area (Å²) in [5, 5.41) is 9.05. The number of rotatable bonds is 6. The van der Waals surface area contributed by atoms with E-state index in [1.165, 1.54) is 17.7 Å². The van der Waals surface area contributed by atoms with E-state index in [0.717, 1.165) is 41.5 Å². The summed E-state index contributed by atoms with van der Waals surface area (Å²) in [6.07, 6.45) is 0.530. The molecule has 5 heteroatoms. The van der Waals surface area contributed by atoms with Gasteiger partial charge in [0.05, 0.1) is 11.1 Å². The van der Waals surface area contributed by atoms with Gasteiger partial charge in [-0.15, -0.1) is 0 Å². The van der Waals surface area contributed by atoms with Gasteiger partial charge in [0.25, 0.3) is 0 Å². The number of hydrogen-bond donors (Lipinski definition) is 1. The number of halogens is 3. The molecule has 0 unspecified atom stereocenters. The highest BCUT2D eigenvalue weighted by molar-refractivity contribution is 5.87. The van der Waals surface area contributed by atoms with E-state index >= 15 is 0 Å². The Labute approximate surface area is 185 Å². The lowest BCUT2D eigenvalue weighted by Gasteiger charge is -2.15. The molecule has 0 bridgehead atoms. The van der Waals surface area contributed by atoms with Crippen LogP contribution in [0, 0.1) is 6.92 Å². The predicted molar refractivity (Wildman–Crippen MR) is 119 cm³/mol. The highest BCUT2D eigenvalue weighted by Gasteiger charge is 2.31. The number of alkyl halides is 3. The number of hydrogen-bond acceptors (Lipinski definition) is 1. The molecule has 0 aliphatic heterocycles. The molecule has 3 aromatic carbocycles. The van der Waals surface area contributed by atoms with Gasteiger partial charge in [-0.05, 0) is 90.3 Å². The van der Waals surface area contributed by atoms with Crippen LogP contribution >= 0.6 is 0 Å². The largest absolute Gasteiger partial charge is 0.478 e. The van der Waals surface area contributed by atoms with Gasteiger partial charge in [0.15, 0.2) is 0 Å². The maximum absolute atomic E-state index is 13.2. The average Bonchev–Trinajstić information content (AvgIpc) is 3.15. The molecule has 0 heterocycles. The molecule has 0 fully saturated rings. The first-order valence-electron chi connectivity index (χ1n) is 10.5. The average molecular weight is 436 g/mol. The maximum atomic E-state index is 13.2. The number of carboxylic acids is 1. The van der Waals surface area contributed by atoms with Crippen LogP contribution < -0.4 is 0 Å². The summed E-state index contributed by atoms with van der Waals surface area (Å²) in [6.45, 7) is 1.69. The molecule has 1 N–H and O–H groups in total. The van der Waals surface area contributed by atoms with Gasteiger partial charge in [0.2, 0.25) is 0 Å². The molecule has 0 saturated carbocycles. The first kappa shape index (κ1) is 21.9. The topological polar surface area (TPSA) is 37.3 Å². The molecule has 0 spiro atoms. The van der Waals surface area contributed by atoms with Crippen LogP contribution in [-0.2, 0) is 31.9 Å². The fourth-order valence-electron chi connectivity index (χ4n) is 4.38. The van der Waals surface area contributed by atoms with Crippen molar-refractivity contribution in [1.29, 1.82) is 0 Å². The van der Waals surface area contributed by atoms with Crippen molar-refractivity contribution < 1.29 is 23.1 Å². The second kappa shape index (κ2) is 8.65. The monoisotopic (exact) mass is 436 g/mol. The molecule has 2 nitrogen and oxygen atoms in total. The van der Waals surface area contributed by atoms with Crippen molar-refractivity contribution in [2.75, 3.05) is 0 Å². The SMILES string of the molecule is Cc1cc(CC2=CCc3cccc(CCc4ccc(C(=O)O)cc4)c32)cc(C(F)(F)F)c1. The van der Waals surface area contributed by atoms with Crippen molar-refractivity contribution >= 4 is 11.5 Å². The fraction of sp³-hybridized carbons (Fsp3) is 0.222. The molecule has 0 saturated heterocycles. The van der Waals surface area contributed by atoms with Crippen molar-refractivity contribution in [3.8, 4) is 0 Å². The molecular formula is C27H23F3O2. The zero-order chi connectivity index (χ0) is 22.9. The molecule has 1 aliphatic carbocycles. The van der Waals surface area contributed by atoms with Crippen molar-refractivity contribution in [3.63, 3.8) is 0 Å². The third-order valence-electron chi connectivity index (χ3n) is 5.87. The molecule has 3 aromatic rings. The molecular weight excluding hydrogens is 413 g/mol. The lowest BCUT2D eigenvalue weighted by molar-refractivity contribution is -0.137. The van der Waals surface area contributed by atoms with Gasteiger partial charge in [-0.3, -0.25) is 0 Å². The van der Waals surface area contributed by atoms with E-state index in [0.29, 0.717) is 17.5 Å². The second-order valence-corrected chi connectivity index (χ2v) is 8.27. The first-order chi connectivity index (χ1) is 15.2. The molecule has 164 valence electrons. The van der Waals surface area contributed by atoms with Gasteiger partial charge in [-0.25, -0.2) is 4.79 Å². The summed E-state index contributed by atoms with van der Waals surface area (Å²) < 4.78 is 39.7. The highest BCUT2D eigenvalue weighted by Crippen LogP contribution is 2.36. The van der Waals surface area contributed by atoms with Crippen molar-refractivity contribution in [3.05, 3.63) is 111 Å². The zero-order valence-electron chi connectivity index (χ0n) is 17.7. The van der Waals surface area contributed by atoms with Crippen molar-refractivity contribution in [2.45, 2.75) is 38.8 Å². The minimum Gasteiger partial charge on any atom is -0.478 e. The van der Waals surface area contributed by atoms with E-state index in [1.807, 2.05) is 24.3 Å². The van der Waals surface area contributed by atoms with Gasteiger partial charge in [-0.2, -0.15) is 13.2 Å². The Bertz CT molecular complexity index is 1190. The first-order valence-corrected chi connectivity index (χ1v) is 10.5. The van der Waals surface area contributed by atoms with Crippen molar-refractivity contribution in [2.24, 2.45) is 0 Å². The van der Waals surface area contributed by atoms with E-state index in [1.54, 1.807) is 19.1 Å². The smallest absolute Gasteiger partial charge is 0.416 e. The van der Waals surface area contributed by atoms with Gasteiger partial charge >= 0.3 is 12.1 Å². The third kappa shape index (κ3) is 4.77. The fourth-order valence-corrected chi connectivity index (χ4v) is 4.38. The number of carboxylic acid groups (broad SMARTS) is 1. The summed E-state index contributed by atoms with van der Waals surface area (Å²) >= 11 is 0. The van der Waals surface area contributed by atoms with Crippen molar-refractivity contribution in [1.82, 2.24) is 0 Å². The molecule has 0 aromatic heterocycles. The van der Waals surface area contributed by atoms with E-state index in [4.69, 9.17) is 5.11 Å². The quantitative estimate of drug-likeness (QED) is 0.468. The van der Waals surface area contributed by atoms with Crippen LogP contribution in [-0.4, -0.2) is 11.1 Å². The second-order valence-electron chi connectivity index (χ2n) is 8.27. The number of aromatic carboxylic acids is 1. The number of fused-ring (bicyclic) bond motifs is 1. The van der Waals surface area contributed by atoms with Crippen LogP contribution in [0.3, 0.4) is 0 Å². The predicted octanol–water partition coefficient (Wildman–Crippen LogP) is 6.68. The summed E-state index contributed by atoms with van der Waals surface area (Å²) in [5.41, 5.74) is 6.53. The molecule has 0 radical (unpaired) electrons. The van der Waals surface area contributed by atoms with E-state index in [2.05, 4.69) is 18.2 Å². The Balaban J connectivity index is 1.55. The molecule has 32 heavy (non-hydrogen) atoms. The molecule has 1 aliphatic rings. The van der Waals surface area contributed by atoms with E-state index in [-0.39, 0.29) is 5.56 Å². The van der Waals surface area contributed by atoms with Crippen LogP contribution in [0.4, 0.5) is 13.2 Å². The molecule has 4 rings (SSSR count). The van der Waals surface area contributed by atoms with Crippen LogP contribution in [0.15, 0.2) is 66.7 Å². The standard InChI is InChI=1S/C27H23F3O2/c1-17-13-19(16-24(14-17)27(28,29)30)15-23-12-11-21-4-2-3-20(25(21)23)8-5-18-6-9-22(10-7-18)26(31)32/h2-4,6-7,9-10,12-14,16H,5,8,11,15H2,1H3,(H,31,32). The number of carbonyl (C=O) groups is 1. The zero-order valence-corrected chi connectivity index (χ0v) is 17.7. The van der Waals surface area contributed by atoms with E-state index < -0.39 is 17.7 Å². The Kier molecular flexibility index (Phi) is 5.92. The minimum absolute atomic E-state index is 0.260. The summed E-state index contributed by atoms with van der Waals surface area (Å²) in [7, 11) is 0. The Hall–Kier alpha value is -3.34. The van der Waals surface area contributed by atoms with Crippen LogP contribution in [0.2, 0.25) is 0 Å². The number of aryl methyl sites for hydroxylation is 3. The van der Waals surface area contributed by atoms with Gasteiger partial charge in [0, 0.05) is 0 Å². The van der Waals surface area contributed by atoms with Crippen LogP contribution in [0.5, 0.6) is 0 Å². The summed E-state index contributed by atoms with van der Waals surface area (Å²) in [6, 6.07) is 17.3. The number of allylic oxidation sites excluding steroid dienone is 2. The molecule has 0 atom stereocenters. The molecule has 0 amide bonds. The Morgan fingerprint density at radius 2 is 1.72 bits per heavy atom. The Morgan fingerprint density at radius 1 is 0.969 bits per heavy atom. The minimum atomic E-state index is -4.36. The van der Waals surface area contributed by atoms with Crippen LogP contribution in [0.25, 0.3) is 5.57 Å². The highest BCUT2D eigenvalue weighted by atomic mass is 19.4. The number of benzene rings is 3. The Morgan fingerprint density at radius 3 is 2.41 bits per heavy atom. The van der Waals surface area contributed by atoms with Gasteiger partial charge < -0.3 is 5.11 Å². The van der Waals surface area contributed by atoms with E-state index in [9.17, 15) is 18.0 Å². The lowest BCUT2D eigenvalue weighted by Crippen LogP contribution is -2.06. The third-order valence-corrected chi connectivity index (χ3v) is 5.87.